The van der Waals surface area contributed by atoms with Crippen LogP contribution in [-0.2, 0) is 60.1 Å². The van der Waals surface area contributed by atoms with E-state index in [1.165, 1.54) is 29.2 Å². The van der Waals surface area contributed by atoms with Crippen molar-refractivity contribution in [3.8, 4) is 11.5 Å². The molecule has 2 heterocycles. The maximum atomic E-state index is 12.7. The number of fused-ring (bicyclic) bond motifs is 2. The fourth-order valence-electron chi connectivity index (χ4n) is 7.81. The number of aromatic hydroxyl groups is 2. The van der Waals surface area contributed by atoms with Gasteiger partial charge in [0.1, 0.15) is 21.2 Å². The molecule has 2 aromatic heterocycles. The molecule has 0 aliphatic carbocycles. The van der Waals surface area contributed by atoms with Crippen LogP contribution in [0.2, 0.25) is 10.6 Å². The Balaban J connectivity index is 1.10. The van der Waals surface area contributed by atoms with E-state index in [4.69, 9.17) is 23.2 Å². The monoisotopic (exact) mass is 1350 g/mol. The summed E-state index contributed by atoms with van der Waals surface area (Å²) >= 11 is 12.6. The number of aliphatic hydroxyl groups is 1. The van der Waals surface area contributed by atoms with Crippen molar-refractivity contribution in [3.05, 3.63) is 119 Å². The summed E-state index contributed by atoms with van der Waals surface area (Å²) in [5.41, 5.74) is -2.91. The molecule has 41 heteroatoms. The average molecular weight is 1350 g/mol. The van der Waals surface area contributed by atoms with E-state index in [1.54, 1.807) is 0 Å². The molecule has 6 aromatic carbocycles. The van der Waals surface area contributed by atoms with Crippen molar-refractivity contribution in [3.63, 3.8) is 0 Å². The second-order valence-corrected chi connectivity index (χ2v) is 27.4. The van der Waals surface area contributed by atoms with Gasteiger partial charge in [-0.05, 0) is 119 Å². The average Bonchev–Trinajstić information content (AvgIpc) is 0.880. The molecule has 0 saturated carbocycles. The minimum Gasteiger partial charge on any atom is -0.505 e. The Hall–Kier alpha value is -8.58. The number of nitrogens with zero attached hydrogens (tertiary/aromatic N) is 11. The zero-order valence-electron chi connectivity index (χ0n) is 43.1. The first-order valence-electron chi connectivity index (χ1n) is 23.4. The Labute approximate surface area is 501 Å². The number of halogens is 2. The highest BCUT2D eigenvalue weighted by molar-refractivity contribution is 7.94. The van der Waals surface area contributed by atoms with Gasteiger partial charge in [0.25, 0.3) is 40.5 Å². The lowest BCUT2D eigenvalue weighted by atomic mass is 10.1. The molecule has 8 aromatic rings. The molecule has 0 fully saturated rings. The van der Waals surface area contributed by atoms with Crippen LogP contribution in [-0.4, -0.2) is 140 Å². The minimum atomic E-state index is -5.32. The number of phenolic OH excluding ortho intramolecular Hbond substituents is 2. The number of nitrogens with one attached hydrogen (secondary N) is 3. The third kappa shape index (κ3) is 14.8. The second-order valence-electron chi connectivity index (χ2n) is 17.4. The van der Waals surface area contributed by atoms with Gasteiger partial charge in [-0.2, -0.15) is 73.8 Å². The summed E-state index contributed by atoms with van der Waals surface area (Å²) in [5, 5.41) is 55.4. The molecule has 0 aliphatic heterocycles. The highest BCUT2D eigenvalue weighted by Gasteiger charge is 2.29. The fraction of sp³-hybridized carbons (Fsp3) is 0.0870. The normalized spacial score (nSPS) is 12.7. The predicted octanol–water partition coefficient (Wildman–Crippen LogP) is 7.13. The number of sulfone groups is 2. The van der Waals surface area contributed by atoms with E-state index in [0.29, 0.717) is 22.9 Å². The van der Waals surface area contributed by atoms with Crippen LogP contribution in [0.3, 0.4) is 0 Å². The summed E-state index contributed by atoms with van der Waals surface area (Å²) in [4.78, 5) is 21.5. The Morgan fingerprint density at radius 3 is 1.29 bits per heavy atom. The van der Waals surface area contributed by atoms with Crippen molar-refractivity contribution in [1.82, 2.24) is 29.9 Å². The molecule has 0 radical (unpaired) electrons. The van der Waals surface area contributed by atoms with E-state index in [2.05, 4.69) is 79.5 Å². The largest absolute Gasteiger partial charge is 0.505 e. The summed E-state index contributed by atoms with van der Waals surface area (Å²) < 4.78 is 190. The number of anilines is 6. The van der Waals surface area contributed by atoms with Crippen molar-refractivity contribution in [2.45, 2.75) is 29.4 Å². The zero-order valence-corrected chi connectivity index (χ0v) is 49.5. The van der Waals surface area contributed by atoms with Gasteiger partial charge in [-0.15, -0.1) is 10.2 Å². The molecule has 0 unspecified atom stereocenters. The van der Waals surface area contributed by atoms with E-state index >= 15 is 0 Å². The molecule has 0 bridgehead atoms. The lowest BCUT2D eigenvalue weighted by molar-refractivity contribution is 0.301. The van der Waals surface area contributed by atoms with Gasteiger partial charge >= 0.3 is 0 Å². The minimum absolute atomic E-state index is 0.0796. The SMILES string of the molecule is C=CS(=O)(=O)c1ccc(/N=N/c2c(S(=O)(=O)O)cc3cc(S(=O)(=O)O)cc(Nc4nc(Cl)nc(NCCN(CCO)c5nc(Cl)nc(Nc6cc(S(=O)(=O)O)cc7cc(S(=O)(=O)O)c(/N=N/c8ccc(S(=O)(=O)C=C)cc8)c(O)c67)n5)n4)c3c2O)cc1. The molecule has 0 spiro atoms. The molecule has 0 amide bonds. The number of rotatable bonds is 23. The Morgan fingerprint density at radius 1 is 0.494 bits per heavy atom. The van der Waals surface area contributed by atoms with Gasteiger partial charge in [0, 0.05) is 41.2 Å². The summed E-state index contributed by atoms with van der Waals surface area (Å²) in [6.45, 7) is 5.28. The predicted molar refractivity (Wildman–Crippen MR) is 311 cm³/mol. The number of azo groups is 2. The first kappa shape index (κ1) is 64.4. The quantitative estimate of drug-likeness (QED) is 0.0225. The molecule has 87 heavy (non-hydrogen) atoms. The number of hydrogen-bond acceptors (Lipinski definition) is 29. The summed E-state index contributed by atoms with van der Waals surface area (Å²) in [5.74, 6) is -3.73. The first-order chi connectivity index (χ1) is 40.6. The first-order valence-corrected chi connectivity index (χ1v) is 33.0. The van der Waals surface area contributed by atoms with E-state index in [1.807, 2.05) is 0 Å². The zero-order chi connectivity index (χ0) is 63.8. The van der Waals surface area contributed by atoms with Gasteiger partial charge in [0.15, 0.2) is 31.2 Å². The Morgan fingerprint density at radius 2 is 0.897 bits per heavy atom. The number of hydrogen-bond donors (Lipinski definition) is 10. The molecule has 0 aliphatic rings. The van der Waals surface area contributed by atoms with Crippen LogP contribution < -0.4 is 20.9 Å². The Bertz CT molecular complexity index is 4940. The maximum Gasteiger partial charge on any atom is 0.296 e. The lowest BCUT2D eigenvalue weighted by Crippen LogP contribution is -2.33. The lowest BCUT2D eigenvalue weighted by Gasteiger charge is -2.22. The van der Waals surface area contributed by atoms with Crippen molar-refractivity contribution in [2.75, 3.05) is 47.1 Å². The highest BCUT2D eigenvalue weighted by atomic mass is 35.5. The number of aliphatic hydroxyl groups excluding tert-OH is 1. The van der Waals surface area contributed by atoms with E-state index in [9.17, 15) is 84.0 Å². The second kappa shape index (κ2) is 24.7. The van der Waals surface area contributed by atoms with E-state index in [-0.39, 0.29) is 52.7 Å². The molecular formula is C46H38Cl2N14O19S6. The molecule has 8 rings (SSSR count). The van der Waals surface area contributed by atoms with E-state index in [0.717, 1.165) is 48.5 Å². The third-order valence-corrected chi connectivity index (χ3v) is 18.2. The van der Waals surface area contributed by atoms with Crippen LogP contribution in [0.25, 0.3) is 21.5 Å². The summed E-state index contributed by atoms with van der Waals surface area (Å²) in [6, 6.07) is 13.6. The smallest absolute Gasteiger partial charge is 0.296 e. The summed E-state index contributed by atoms with van der Waals surface area (Å²) in [6.07, 6.45) is 0. The van der Waals surface area contributed by atoms with Crippen LogP contribution in [0.4, 0.5) is 57.9 Å². The van der Waals surface area contributed by atoms with Gasteiger partial charge in [-0.3, -0.25) is 18.2 Å². The van der Waals surface area contributed by atoms with E-state index < -0.39 is 165 Å². The van der Waals surface area contributed by atoms with Gasteiger partial charge in [-0.1, -0.05) is 13.2 Å². The van der Waals surface area contributed by atoms with Gasteiger partial charge in [-0.25, -0.2) is 16.8 Å². The van der Waals surface area contributed by atoms with Gasteiger partial charge in [0.05, 0.1) is 48.9 Å². The number of aromatic nitrogens is 6. The molecule has 456 valence electrons. The highest BCUT2D eigenvalue weighted by Crippen LogP contribution is 2.48. The molecule has 0 atom stereocenters. The van der Waals surface area contributed by atoms with Crippen LogP contribution in [0.1, 0.15) is 0 Å². The number of phenols is 2. The fourth-order valence-corrected chi connectivity index (χ4v) is 11.9. The van der Waals surface area contributed by atoms with Crippen molar-refractivity contribution in [2.24, 2.45) is 20.5 Å². The molecular weight excluding hydrogens is 1320 g/mol. The van der Waals surface area contributed by atoms with Crippen molar-refractivity contribution in [1.29, 1.82) is 0 Å². The molecule has 0 saturated heterocycles. The standard InChI is InChI=1S/C46H38Cl2N14O19S6/c1-3-82(66,67)27-9-5-25(6-10-27)58-60-37-33(86(76,77)78)19-23-17-29(84(70,71)72)21-31(35(23)39(37)64)50-44-53-41(47)52-43(56-44)49-13-14-62(15-16-63)46-55-42(48)54-45(57-46)51-32-22-30(85(73,74)75)18-24-20-34(87(79,80)81)38(40(65)36(24)32)61-59-26-7-11-28(12-8-26)83(68,69)4-2/h3-12,17-22,63-65H,1-2,13-16H2,(H,70,71,72)(H,73,74,75)(H,76,77,78)(H,79,80,81)(H,51,54,55,57)(H2,49,50,52,53,56)/b60-58+,61-59+. The van der Waals surface area contributed by atoms with Crippen molar-refractivity contribution >= 4 is 163 Å². The van der Waals surface area contributed by atoms with Crippen LogP contribution in [0, 0.1) is 0 Å². The van der Waals surface area contributed by atoms with Crippen LogP contribution in [0.15, 0.2) is 159 Å². The maximum absolute atomic E-state index is 12.7. The summed E-state index contributed by atoms with van der Waals surface area (Å²) in [7, 11) is -28.6. The molecule has 10 N–H and O–H groups in total. The molecule has 33 nitrogen and oxygen atoms in total. The topological polar surface area (TPSA) is 513 Å². The van der Waals surface area contributed by atoms with Crippen LogP contribution in [0.5, 0.6) is 11.5 Å². The van der Waals surface area contributed by atoms with Crippen molar-refractivity contribution < 1.29 is 84.0 Å². The van der Waals surface area contributed by atoms with Crippen LogP contribution >= 0.6 is 23.2 Å². The third-order valence-electron chi connectivity index (χ3n) is 11.7. The number of benzene rings is 6. The van der Waals surface area contributed by atoms with Gasteiger partial charge < -0.3 is 36.2 Å². The van der Waals surface area contributed by atoms with Gasteiger partial charge in [0.2, 0.25) is 34.4 Å². The Kier molecular flexibility index (Phi) is 18.3.